The van der Waals surface area contributed by atoms with Crippen LogP contribution in [0.3, 0.4) is 0 Å². The summed E-state index contributed by atoms with van der Waals surface area (Å²) in [6.45, 7) is 3.93. The van der Waals surface area contributed by atoms with Crippen molar-refractivity contribution in [3.63, 3.8) is 0 Å². The van der Waals surface area contributed by atoms with Gasteiger partial charge in [0.05, 0.1) is 15.7 Å². The molecular weight excluding hydrogens is 287 g/mol. The Morgan fingerprint density at radius 3 is 2.67 bits per heavy atom. The van der Waals surface area contributed by atoms with Crippen LogP contribution in [-0.4, -0.2) is 11.5 Å². The molecule has 0 aliphatic heterocycles. The molecule has 18 heavy (non-hydrogen) atoms. The van der Waals surface area contributed by atoms with Gasteiger partial charge in [0, 0.05) is 17.5 Å². The molecule has 1 aromatic heterocycles. The van der Waals surface area contributed by atoms with Crippen molar-refractivity contribution in [2.24, 2.45) is 0 Å². The molecule has 0 saturated heterocycles. The van der Waals surface area contributed by atoms with Crippen LogP contribution in [0.15, 0.2) is 23.6 Å². The molecule has 0 aliphatic rings. The Bertz CT molecular complexity index is 505. The summed E-state index contributed by atoms with van der Waals surface area (Å²) in [5.74, 6) is 0. The Hall–Kier alpha value is -0.610. The molecule has 0 radical (unpaired) electrons. The van der Waals surface area contributed by atoms with E-state index in [1.165, 1.54) is 0 Å². The van der Waals surface area contributed by atoms with E-state index in [0.717, 1.165) is 35.8 Å². The lowest BCUT2D eigenvalue weighted by molar-refractivity contribution is 0.667. The van der Waals surface area contributed by atoms with Crippen LogP contribution >= 0.6 is 34.5 Å². The molecular formula is C13H14Cl2N2S. The molecule has 1 heterocycles. The van der Waals surface area contributed by atoms with E-state index in [9.17, 15) is 0 Å². The molecule has 1 N–H and O–H groups in total. The van der Waals surface area contributed by atoms with Crippen molar-refractivity contribution >= 4 is 34.5 Å². The first-order valence-electron chi connectivity index (χ1n) is 5.82. The molecule has 0 spiro atoms. The Morgan fingerprint density at radius 2 is 2.00 bits per heavy atom. The van der Waals surface area contributed by atoms with Crippen LogP contribution in [-0.2, 0) is 6.54 Å². The highest BCUT2D eigenvalue weighted by Gasteiger charge is 2.12. The highest BCUT2D eigenvalue weighted by Crippen LogP contribution is 2.36. The second kappa shape index (κ2) is 6.53. The topological polar surface area (TPSA) is 24.9 Å². The quantitative estimate of drug-likeness (QED) is 0.815. The van der Waals surface area contributed by atoms with E-state index in [2.05, 4.69) is 17.2 Å². The van der Waals surface area contributed by atoms with Gasteiger partial charge in [0.1, 0.15) is 5.01 Å². The highest BCUT2D eigenvalue weighted by atomic mass is 35.5. The number of nitrogens with one attached hydrogen (secondary N) is 1. The third-order valence-corrected chi connectivity index (χ3v) is 4.00. The molecule has 2 aromatic rings. The molecule has 0 fully saturated rings. The zero-order valence-electron chi connectivity index (χ0n) is 10.0. The Morgan fingerprint density at radius 1 is 1.28 bits per heavy atom. The maximum absolute atomic E-state index is 6.17. The first-order valence-corrected chi connectivity index (χ1v) is 7.45. The predicted molar refractivity (Wildman–Crippen MR) is 79.6 cm³/mol. The second-order valence-corrected chi connectivity index (χ2v) is 5.59. The van der Waals surface area contributed by atoms with Crippen LogP contribution in [0.1, 0.15) is 19.0 Å². The molecule has 96 valence electrons. The standard InChI is InChI=1S/C13H14Cl2N2S/c1-2-6-16-7-9-8-18-13(17-9)12-10(14)4-3-5-11(12)15/h3-5,8,16H,2,6-7H2,1H3. The van der Waals surface area contributed by atoms with Crippen molar-refractivity contribution in [3.05, 3.63) is 39.3 Å². The van der Waals surface area contributed by atoms with E-state index in [4.69, 9.17) is 23.2 Å². The minimum absolute atomic E-state index is 0.643. The smallest absolute Gasteiger partial charge is 0.126 e. The van der Waals surface area contributed by atoms with E-state index in [0.29, 0.717) is 10.0 Å². The summed E-state index contributed by atoms with van der Waals surface area (Å²) in [5.41, 5.74) is 1.85. The van der Waals surface area contributed by atoms with Gasteiger partial charge < -0.3 is 5.32 Å². The normalized spacial score (nSPS) is 10.8. The summed E-state index contributed by atoms with van der Waals surface area (Å²) in [7, 11) is 0. The van der Waals surface area contributed by atoms with Gasteiger partial charge in [0.2, 0.25) is 0 Å². The first-order chi connectivity index (χ1) is 8.72. The molecule has 2 rings (SSSR count). The van der Waals surface area contributed by atoms with E-state index in [1.807, 2.05) is 23.6 Å². The predicted octanol–water partition coefficient (Wildman–Crippen LogP) is 4.62. The fourth-order valence-electron chi connectivity index (χ4n) is 1.60. The SMILES string of the molecule is CCCNCc1csc(-c2c(Cl)cccc2Cl)n1. The van der Waals surface area contributed by atoms with Crippen molar-refractivity contribution in [1.29, 1.82) is 0 Å². The zero-order valence-corrected chi connectivity index (χ0v) is 12.4. The molecule has 0 atom stereocenters. The third kappa shape index (κ3) is 3.23. The van der Waals surface area contributed by atoms with Crippen LogP contribution in [0.25, 0.3) is 10.6 Å². The number of hydrogen-bond acceptors (Lipinski definition) is 3. The van der Waals surface area contributed by atoms with Gasteiger partial charge in [-0.25, -0.2) is 4.98 Å². The average Bonchev–Trinajstić information content (AvgIpc) is 2.78. The maximum Gasteiger partial charge on any atom is 0.126 e. The minimum Gasteiger partial charge on any atom is -0.311 e. The number of benzene rings is 1. The first kappa shape index (κ1) is 13.8. The monoisotopic (exact) mass is 300 g/mol. The lowest BCUT2D eigenvalue weighted by Gasteiger charge is -2.02. The second-order valence-electron chi connectivity index (χ2n) is 3.92. The van der Waals surface area contributed by atoms with Gasteiger partial charge in [-0.1, -0.05) is 36.2 Å². The lowest BCUT2D eigenvalue weighted by atomic mass is 10.2. The van der Waals surface area contributed by atoms with Crippen molar-refractivity contribution in [2.75, 3.05) is 6.54 Å². The maximum atomic E-state index is 6.17. The number of aromatic nitrogens is 1. The van der Waals surface area contributed by atoms with Crippen molar-refractivity contribution in [1.82, 2.24) is 10.3 Å². The lowest BCUT2D eigenvalue weighted by Crippen LogP contribution is -2.13. The third-order valence-electron chi connectivity index (χ3n) is 2.46. The van der Waals surface area contributed by atoms with Crippen LogP contribution < -0.4 is 5.32 Å². The van der Waals surface area contributed by atoms with E-state index < -0.39 is 0 Å². The van der Waals surface area contributed by atoms with Gasteiger partial charge in [0.25, 0.3) is 0 Å². The summed E-state index contributed by atoms with van der Waals surface area (Å²) in [6.07, 6.45) is 1.12. The van der Waals surface area contributed by atoms with Gasteiger partial charge in [0.15, 0.2) is 0 Å². The van der Waals surface area contributed by atoms with Gasteiger partial charge in [-0.05, 0) is 25.1 Å². The van der Waals surface area contributed by atoms with Crippen molar-refractivity contribution in [3.8, 4) is 10.6 Å². The molecule has 0 aliphatic carbocycles. The van der Waals surface area contributed by atoms with E-state index >= 15 is 0 Å². The largest absolute Gasteiger partial charge is 0.311 e. The van der Waals surface area contributed by atoms with Gasteiger partial charge >= 0.3 is 0 Å². The Kier molecular flexibility index (Phi) is 5.01. The van der Waals surface area contributed by atoms with E-state index in [1.54, 1.807) is 11.3 Å². The zero-order chi connectivity index (χ0) is 13.0. The van der Waals surface area contributed by atoms with E-state index in [-0.39, 0.29) is 0 Å². The summed E-state index contributed by atoms with van der Waals surface area (Å²) < 4.78 is 0. The van der Waals surface area contributed by atoms with Crippen LogP contribution in [0.4, 0.5) is 0 Å². The van der Waals surface area contributed by atoms with Gasteiger partial charge in [-0.2, -0.15) is 0 Å². The molecule has 5 heteroatoms. The molecule has 0 bridgehead atoms. The molecule has 0 unspecified atom stereocenters. The fourth-order valence-corrected chi connectivity index (χ4v) is 3.18. The van der Waals surface area contributed by atoms with Gasteiger partial charge in [-0.3, -0.25) is 0 Å². The summed E-state index contributed by atoms with van der Waals surface area (Å²) in [4.78, 5) is 4.56. The van der Waals surface area contributed by atoms with Gasteiger partial charge in [-0.15, -0.1) is 11.3 Å². The highest BCUT2D eigenvalue weighted by molar-refractivity contribution is 7.13. The van der Waals surface area contributed by atoms with Crippen LogP contribution in [0.5, 0.6) is 0 Å². The minimum atomic E-state index is 0.643. The number of rotatable bonds is 5. The molecule has 2 nitrogen and oxygen atoms in total. The number of halogens is 2. The van der Waals surface area contributed by atoms with Crippen molar-refractivity contribution in [2.45, 2.75) is 19.9 Å². The summed E-state index contributed by atoms with van der Waals surface area (Å²) >= 11 is 13.9. The average molecular weight is 301 g/mol. The molecule has 1 aromatic carbocycles. The number of thiazole rings is 1. The van der Waals surface area contributed by atoms with Crippen LogP contribution in [0, 0.1) is 0 Å². The molecule has 0 amide bonds. The number of hydrogen-bond donors (Lipinski definition) is 1. The number of nitrogens with zero attached hydrogens (tertiary/aromatic N) is 1. The Balaban J connectivity index is 2.19. The Labute approximate surface area is 121 Å². The summed E-state index contributed by atoms with van der Waals surface area (Å²) in [6, 6.07) is 5.50. The van der Waals surface area contributed by atoms with Crippen molar-refractivity contribution < 1.29 is 0 Å². The fraction of sp³-hybridized carbons (Fsp3) is 0.308. The summed E-state index contributed by atoms with van der Waals surface area (Å²) in [5, 5.41) is 7.52. The van der Waals surface area contributed by atoms with Crippen LogP contribution in [0.2, 0.25) is 10.0 Å². The molecule has 0 saturated carbocycles.